The fourth-order valence-corrected chi connectivity index (χ4v) is 0.913. The second-order valence-corrected chi connectivity index (χ2v) is 2.30. The van der Waals surface area contributed by atoms with Gasteiger partial charge in [-0.05, 0) is 17.7 Å². The van der Waals surface area contributed by atoms with Crippen molar-refractivity contribution in [1.29, 1.82) is 0 Å². The minimum absolute atomic E-state index is 0.0585. The lowest BCUT2D eigenvalue weighted by Crippen LogP contribution is -1.89. The first-order chi connectivity index (χ1) is 6.69. The fraction of sp³-hybridized carbons (Fsp3) is 0.143. The molecule has 0 aliphatic carbocycles. The van der Waals surface area contributed by atoms with Gasteiger partial charge in [-0.2, -0.15) is 0 Å². The average Bonchev–Trinajstić information content (AvgIpc) is 2.17. The molecule has 1 rings (SSSR count). The Labute approximate surface area is 78.7 Å². The summed E-state index contributed by atoms with van der Waals surface area (Å²) in [6.07, 6.45) is 0. The highest BCUT2D eigenvalue weighted by Crippen LogP contribution is 2.31. The van der Waals surface area contributed by atoms with Crippen molar-refractivity contribution in [3.63, 3.8) is 0 Å². The Morgan fingerprint density at radius 1 is 1.64 bits per heavy atom. The molecule has 0 radical (unpaired) electrons. The van der Waals surface area contributed by atoms with Crippen LogP contribution in [0.2, 0.25) is 0 Å². The molecule has 14 heavy (non-hydrogen) atoms. The van der Waals surface area contributed by atoms with Crippen molar-refractivity contribution in [2.45, 2.75) is 0 Å². The predicted octanol–water partition coefficient (Wildman–Crippen LogP) is 2.55. The van der Waals surface area contributed by atoms with E-state index in [1.165, 1.54) is 25.3 Å². The van der Waals surface area contributed by atoms with Gasteiger partial charge in [-0.15, -0.1) is 0 Å². The zero-order chi connectivity index (χ0) is 10.6. The summed E-state index contributed by atoms with van der Waals surface area (Å²) in [5.74, 6) is 0.401. The Kier molecular flexibility index (Phi) is 2.88. The molecular formula is C7H6N4O3. The molecule has 1 aromatic rings. The van der Waals surface area contributed by atoms with Gasteiger partial charge in [0.15, 0.2) is 0 Å². The van der Waals surface area contributed by atoms with Crippen LogP contribution in [0.4, 0.5) is 11.4 Å². The van der Waals surface area contributed by atoms with Crippen molar-refractivity contribution in [3.05, 3.63) is 38.8 Å². The van der Waals surface area contributed by atoms with Gasteiger partial charge in [0.1, 0.15) is 11.4 Å². The van der Waals surface area contributed by atoms with E-state index in [0.717, 1.165) is 0 Å². The number of ether oxygens (including phenoxy) is 1. The van der Waals surface area contributed by atoms with E-state index in [-0.39, 0.29) is 11.4 Å². The van der Waals surface area contributed by atoms with E-state index in [4.69, 9.17) is 10.3 Å². The van der Waals surface area contributed by atoms with E-state index in [9.17, 15) is 10.1 Å². The number of nitrogens with zero attached hydrogens (tertiary/aromatic N) is 4. The number of rotatable bonds is 3. The molecule has 0 aliphatic rings. The molecular weight excluding hydrogens is 188 g/mol. The molecule has 0 aliphatic heterocycles. The molecule has 0 amide bonds. The number of nitro groups is 1. The summed E-state index contributed by atoms with van der Waals surface area (Å²) in [6, 6.07) is 3.95. The van der Waals surface area contributed by atoms with Crippen LogP contribution in [0.3, 0.4) is 0 Å². The van der Waals surface area contributed by atoms with E-state index < -0.39 is 4.92 Å². The Morgan fingerprint density at radius 3 is 2.86 bits per heavy atom. The van der Waals surface area contributed by atoms with Crippen LogP contribution in [0.15, 0.2) is 23.3 Å². The number of hydrogen-bond acceptors (Lipinski definition) is 4. The maximum Gasteiger partial charge on any atom is 0.279 e. The molecule has 0 saturated heterocycles. The topological polar surface area (TPSA) is 101 Å². The van der Waals surface area contributed by atoms with Crippen molar-refractivity contribution in [2.75, 3.05) is 7.11 Å². The van der Waals surface area contributed by atoms with Crippen LogP contribution >= 0.6 is 0 Å². The number of methoxy groups -OCH3 is 1. The van der Waals surface area contributed by atoms with E-state index >= 15 is 0 Å². The van der Waals surface area contributed by atoms with Crippen molar-refractivity contribution < 1.29 is 9.66 Å². The zero-order valence-corrected chi connectivity index (χ0v) is 7.25. The molecule has 72 valence electrons. The molecule has 0 bridgehead atoms. The zero-order valence-electron chi connectivity index (χ0n) is 7.25. The fourth-order valence-electron chi connectivity index (χ4n) is 0.913. The summed E-state index contributed by atoms with van der Waals surface area (Å²) in [6.45, 7) is 0. The first-order valence-corrected chi connectivity index (χ1v) is 3.56. The van der Waals surface area contributed by atoms with E-state index in [1.54, 1.807) is 0 Å². The largest absolute Gasteiger partial charge is 0.497 e. The first kappa shape index (κ1) is 9.82. The molecule has 7 heteroatoms. The van der Waals surface area contributed by atoms with Gasteiger partial charge in [0, 0.05) is 11.0 Å². The minimum atomic E-state index is -0.622. The monoisotopic (exact) mass is 194 g/mol. The average molecular weight is 194 g/mol. The maximum atomic E-state index is 10.5. The van der Waals surface area contributed by atoms with Crippen LogP contribution < -0.4 is 4.74 Å². The number of azide groups is 1. The van der Waals surface area contributed by atoms with Gasteiger partial charge < -0.3 is 4.74 Å². The van der Waals surface area contributed by atoms with Gasteiger partial charge >= 0.3 is 0 Å². The molecule has 0 N–H and O–H groups in total. The second kappa shape index (κ2) is 4.11. The molecule has 0 heterocycles. The van der Waals surface area contributed by atoms with Crippen molar-refractivity contribution in [2.24, 2.45) is 5.11 Å². The smallest absolute Gasteiger partial charge is 0.279 e. The van der Waals surface area contributed by atoms with Crippen LogP contribution in [0.1, 0.15) is 0 Å². The first-order valence-electron chi connectivity index (χ1n) is 3.56. The predicted molar refractivity (Wildman–Crippen MR) is 48.5 cm³/mol. The Bertz CT molecular complexity index is 411. The highest BCUT2D eigenvalue weighted by atomic mass is 16.6. The van der Waals surface area contributed by atoms with Crippen LogP contribution in [-0.2, 0) is 0 Å². The Balaban J connectivity index is 3.30. The normalized spacial score (nSPS) is 8.93. The van der Waals surface area contributed by atoms with Crippen molar-refractivity contribution >= 4 is 11.4 Å². The highest BCUT2D eigenvalue weighted by Gasteiger charge is 2.12. The third-order valence-corrected chi connectivity index (χ3v) is 1.53. The van der Waals surface area contributed by atoms with E-state index in [1.807, 2.05) is 0 Å². The van der Waals surface area contributed by atoms with Crippen molar-refractivity contribution in [1.82, 2.24) is 0 Å². The van der Waals surface area contributed by atoms with Crippen LogP contribution in [0.25, 0.3) is 10.4 Å². The lowest BCUT2D eigenvalue weighted by atomic mass is 10.2. The molecule has 7 nitrogen and oxygen atoms in total. The summed E-state index contributed by atoms with van der Waals surface area (Å²) in [5.41, 5.74) is 7.88. The Morgan fingerprint density at radius 2 is 2.36 bits per heavy atom. The van der Waals surface area contributed by atoms with Gasteiger partial charge in [-0.3, -0.25) is 10.1 Å². The Hall–Kier alpha value is -2.27. The summed E-state index contributed by atoms with van der Waals surface area (Å²) in [5, 5.41) is 13.7. The van der Waals surface area contributed by atoms with Gasteiger partial charge in [0.05, 0.1) is 12.0 Å². The molecule has 0 fully saturated rings. The number of benzene rings is 1. The van der Waals surface area contributed by atoms with Gasteiger partial charge in [0.25, 0.3) is 5.69 Å². The number of nitro benzene ring substituents is 1. The molecule has 0 spiro atoms. The second-order valence-electron chi connectivity index (χ2n) is 2.30. The highest BCUT2D eigenvalue weighted by molar-refractivity contribution is 5.60. The molecule has 0 unspecified atom stereocenters. The van der Waals surface area contributed by atoms with Gasteiger partial charge in [-0.1, -0.05) is 5.11 Å². The summed E-state index contributed by atoms with van der Waals surface area (Å²) in [7, 11) is 1.42. The third-order valence-electron chi connectivity index (χ3n) is 1.53. The quantitative estimate of drug-likeness (QED) is 0.243. The maximum absolute atomic E-state index is 10.5. The summed E-state index contributed by atoms with van der Waals surface area (Å²) >= 11 is 0. The van der Waals surface area contributed by atoms with Crippen LogP contribution in [0.5, 0.6) is 5.75 Å². The molecule has 0 saturated carbocycles. The standard InChI is InChI=1S/C7H6N4O3/c1-14-5-2-3-7(11(12)13)6(4-5)9-10-8/h2-4H,1H3. The summed E-state index contributed by atoms with van der Waals surface area (Å²) < 4.78 is 4.83. The van der Waals surface area contributed by atoms with E-state index in [0.29, 0.717) is 5.75 Å². The molecule has 0 atom stereocenters. The van der Waals surface area contributed by atoms with E-state index in [2.05, 4.69) is 10.0 Å². The molecule has 0 aromatic heterocycles. The summed E-state index contributed by atoms with van der Waals surface area (Å²) in [4.78, 5) is 12.3. The SMILES string of the molecule is COc1ccc([N+](=O)[O-])c(N=[N+]=[N-])c1. The van der Waals surface area contributed by atoms with Gasteiger partial charge in [-0.25, -0.2) is 0 Å². The van der Waals surface area contributed by atoms with Crippen molar-refractivity contribution in [3.8, 4) is 5.75 Å². The lowest BCUT2D eigenvalue weighted by molar-refractivity contribution is -0.384. The van der Waals surface area contributed by atoms with Crippen LogP contribution in [0, 0.1) is 10.1 Å². The molecule has 1 aromatic carbocycles. The van der Waals surface area contributed by atoms with Gasteiger partial charge in [0.2, 0.25) is 0 Å². The number of hydrogen-bond donors (Lipinski definition) is 0. The third kappa shape index (κ3) is 1.90. The van der Waals surface area contributed by atoms with Crippen LogP contribution in [-0.4, -0.2) is 12.0 Å². The minimum Gasteiger partial charge on any atom is -0.497 e. The lowest BCUT2D eigenvalue weighted by Gasteiger charge is -2.00.